The van der Waals surface area contributed by atoms with E-state index in [0.717, 1.165) is 39.2 Å². The largest absolute Gasteiger partial charge is 0.507 e. The van der Waals surface area contributed by atoms with Gasteiger partial charge in [-0.1, -0.05) is 23.7 Å². The third kappa shape index (κ3) is 2.78. The van der Waals surface area contributed by atoms with E-state index in [2.05, 4.69) is 18.9 Å². The smallest absolute Gasteiger partial charge is 0.122 e. The number of phenolic OH excluding ortho intramolecular Hbond substituents is 1. The fraction of sp³-hybridized carbons (Fsp3) is 0.389. The van der Waals surface area contributed by atoms with Gasteiger partial charge in [-0.15, -0.1) is 0 Å². The molecule has 1 N–H and O–H groups in total. The Hall–Kier alpha value is -1.74. The van der Waals surface area contributed by atoms with E-state index in [1.807, 2.05) is 44.6 Å². The van der Waals surface area contributed by atoms with Gasteiger partial charge in [-0.25, -0.2) is 0 Å². The lowest BCUT2D eigenvalue weighted by atomic mass is 9.91. The molecule has 0 spiro atoms. The molecule has 0 fully saturated rings. The normalized spacial score (nSPS) is 12.0. The van der Waals surface area contributed by atoms with Gasteiger partial charge in [-0.2, -0.15) is 5.10 Å². The van der Waals surface area contributed by atoms with Crippen molar-refractivity contribution in [2.75, 3.05) is 0 Å². The molecule has 0 radical (unpaired) electrons. The van der Waals surface area contributed by atoms with Gasteiger partial charge in [0.25, 0.3) is 0 Å². The molecule has 0 aliphatic heterocycles. The Morgan fingerprint density at radius 2 is 1.91 bits per heavy atom. The molecule has 2 aromatic rings. The lowest BCUT2D eigenvalue weighted by molar-refractivity contribution is 0.465. The van der Waals surface area contributed by atoms with Crippen LogP contribution in [-0.4, -0.2) is 14.9 Å². The Morgan fingerprint density at radius 3 is 2.41 bits per heavy atom. The Labute approximate surface area is 137 Å². The van der Waals surface area contributed by atoms with Crippen molar-refractivity contribution in [3.05, 3.63) is 45.1 Å². The maximum absolute atomic E-state index is 10.6. The van der Waals surface area contributed by atoms with Crippen molar-refractivity contribution in [1.82, 2.24) is 9.78 Å². The second-order valence-corrected chi connectivity index (χ2v) is 6.29. The first-order chi connectivity index (χ1) is 10.3. The highest BCUT2D eigenvalue weighted by Gasteiger charge is 2.21. The average Bonchev–Trinajstić information content (AvgIpc) is 2.72. The van der Waals surface area contributed by atoms with Gasteiger partial charge in [0.15, 0.2) is 0 Å². The van der Waals surface area contributed by atoms with Gasteiger partial charge < -0.3 is 5.11 Å². The number of benzene rings is 1. The molecular weight excluding hydrogens is 296 g/mol. The first kappa shape index (κ1) is 16.6. The molecule has 4 heteroatoms. The minimum absolute atomic E-state index is 0.309. The molecule has 0 atom stereocenters. The molecule has 0 aliphatic carbocycles. The summed E-state index contributed by atoms with van der Waals surface area (Å²) in [5.74, 6) is 0.309. The Kier molecular flexibility index (Phi) is 4.66. The number of nitrogens with zero attached hydrogens (tertiary/aromatic N) is 2. The minimum atomic E-state index is 0.309. The van der Waals surface area contributed by atoms with Crippen molar-refractivity contribution in [3.63, 3.8) is 0 Å². The standard InChI is InChI=1S/C18H23ClN2O/c1-7-14(19)9-15-16(10(2)8-11(3)18(15)22)17-12(4)13(5)21(6)20-17/h7-8,22H,9H2,1-6H3/b14-7+. The number of phenols is 1. The number of hydrogen-bond donors (Lipinski definition) is 1. The van der Waals surface area contributed by atoms with E-state index in [1.54, 1.807) is 0 Å². The predicted molar refractivity (Wildman–Crippen MR) is 92.6 cm³/mol. The summed E-state index contributed by atoms with van der Waals surface area (Å²) in [6, 6.07) is 2.00. The molecule has 0 unspecified atom stereocenters. The van der Waals surface area contributed by atoms with E-state index < -0.39 is 0 Å². The molecule has 1 aromatic carbocycles. The third-order valence-corrected chi connectivity index (χ3v) is 4.67. The van der Waals surface area contributed by atoms with Gasteiger partial charge >= 0.3 is 0 Å². The average molecular weight is 319 g/mol. The van der Waals surface area contributed by atoms with Crippen LogP contribution in [0.1, 0.15) is 34.9 Å². The molecule has 0 saturated heterocycles. The number of rotatable bonds is 3. The summed E-state index contributed by atoms with van der Waals surface area (Å²) < 4.78 is 1.88. The summed E-state index contributed by atoms with van der Waals surface area (Å²) in [6.45, 7) is 9.98. The summed E-state index contributed by atoms with van der Waals surface area (Å²) in [6.07, 6.45) is 2.37. The highest BCUT2D eigenvalue weighted by Crippen LogP contribution is 2.38. The molecule has 0 bridgehead atoms. The molecule has 3 nitrogen and oxygen atoms in total. The molecule has 0 amide bonds. The number of hydrogen-bond acceptors (Lipinski definition) is 2. The second kappa shape index (κ2) is 6.17. The van der Waals surface area contributed by atoms with Gasteiger partial charge in [0.1, 0.15) is 5.75 Å². The van der Waals surface area contributed by atoms with E-state index in [-0.39, 0.29) is 0 Å². The van der Waals surface area contributed by atoms with Crippen molar-refractivity contribution >= 4 is 11.6 Å². The third-order valence-electron chi connectivity index (χ3n) is 4.32. The topological polar surface area (TPSA) is 38.1 Å². The first-order valence-electron chi connectivity index (χ1n) is 7.41. The summed E-state index contributed by atoms with van der Waals surface area (Å²) in [5.41, 5.74) is 6.98. The molecular formula is C18H23ClN2O. The summed E-state index contributed by atoms with van der Waals surface area (Å²) in [7, 11) is 1.94. The second-order valence-electron chi connectivity index (χ2n) is 5.81. The zero-order chi connectivity index (χ0) is 16.6. The minimum Gasteiger partial charge on any atom is -0.507 e. The number of allylic oxidation sites excluding steroid dienone is 2. The Bertz CT molecular complexity index is 757. The van der Waals surface area contributed by atoms with E-state index in [4.69, 9.17) is 11.6 Å². The fourth-order valence-corrected chi connectivity index (χ4v) is 2.92. The maximum atomic E-state index is 10.6. The fourth-order valence-electron chi connectivity index (χ4n) is 2.78. The van der Waals surface area contributed by atoms with Crippen molar-refractivity contribution in [2.45, 2.75) is 41.0 Å². The number of aryl methyl sites for hydroxylation is 3. The number of aromatic hydroxyl groups is 1. The molecule has 0 aliphatic rings. The van der Waals surface area contributed by atoms with Gasteiger partial charge in [0, 0.05) is 35.3 Å². The van der Waals surface area contributed by atoms with Crippen LogP contribution in [0.25, 0.3) is 11.3 Å². The van der Waals surface area contributed by atoms with Gasteiger partial charge in [0.05, 0.1) is 5.69 Å². The highest BCUT2D eigenvalue weighted by molar-refractivity contribution is 6.29. The molecule has 1 aromatic heterocycles. The van der Waals surface area contributed by atoms with E-state index >= 15 is 0 Å². The summed E-state index contributed by atoms with van der Waals surface area (Å²) >= 11 is 6.24. The summed E-state index contributed by atoms with van der Waals surface area (Å²) in [5, 5.41) is 15.9. The van der Waals surface area contributed by atoms with Crippen LogP contribution >= 0.6 is 11.6 Å². The molecule has 2 rings (SSSR count). The lowest BCUT2D eigenvalue weighted by Crippen LogP contribution is -1.99. The maximum Gasteiger partial charge on any atom is 0.122 e. The van der Waals surface area contributed by atoms with Crippen molar-refractivity contribution in [2.24, 2.45) is 7.05 Å². The van der Waals surface area contributed by atoms with Crippen LogP contribution in [0.5, 0.6) is 5.75 Å². The van der Waals surface area contributed by atoms with Crippen LogP contribution < -0.4 is 0 Å². The van der Waals surface area contributed by atoms with Crippen LogP contribution in [-0.2, 0) is 13.5 Å². The van der Waals surface area contributed by atoms with Gasteiger partial charge in [0.2, 0.25) is 0 Å². The molecule has 0 saturated carbocycles. The monoisotopic (exact) mass is 318 g/mol. The van der Waals surface area contributed by atoms with Crippen molar-refractivity contribution < 1.29 is 5.11 Å². The SMILES string of the molecule is C/C=C(/Cl)Cc1c(O)c(C)cc(C)c1-c1nn(C)c(C)c1C. The molecule has 1 heterocycles. The summed E-state index contributed by atoms with van der Waals surface area (Å²) in [4.78, 5) is 0. The van der Waals surface area contributed by atoms with E-state index in [0.29, 0.717) is 17.2 Å². The van der Waals surface area contributed by atoms with Crippen LogP contribution in [0.4, 0.5) is 0 Å². The molecule has 118 valence electrons. The van der Waals surface area contributed by atoms with E-state index in [1.165, 1.54) is 0 Å². The zero-order valence-electron chi connectivity index (χ0n) is 14.1. The van der Waals surface area contributed by atoms with Crippen molar-refractivity contribution in [3.8, 4) is 17.0 Å². The van der Waals surface area contributed by atoms with Gasteiger partial charge in [-0.05, 0) is 51.3 Å². The Morgan fingerprint density at radius 1 is 1.27 bits per heavy atom. The predicted octanol–water partition coefficient (Wildman–Crippen LogP) is 4.71. The zero-order valence-corrected chi connectivity index (χ0v) is 14.8. The quantitative estimate of drug-likeness (QED) is 0.889. The van der Waals surface area contributed by atoms with E-state index in [9.17, 15) is 5.11 Å². The molecule has 22 heavy (non-hydrogen) atoms. The van der Waals surface area contributed by atoms with Crippen molar-refractivity contribution in [1.29, 1.82) is 0 Å². The van der Waals surface area contributed by atoms with Gasteiger partial charge in [-0.3, -0.25) is 4.68 Å². The van der Waals surface area contributed by atoms with Crippen LogP contribution in [0.3, 0.4) is 0 Å². The highest BCUT2D eigenvalue weighted by atomic mass is 35.5. The van der Waals surface area contributed by atoms with Crippen LogP contribution in [0, 0.1) is 27.7 Å². The number of halogens is 1. The number of aromatic nitrogens is 2. The Balaban J connectivity index is 2.79. The first-order valence-corrected chi connectivity index (χ1v) is 7.79. The van der Waals surface area contributed by atoms with Crippen LogP contribution in [0.2, 0.25) is 0 Å². The lowest BCUT2D eigenvalue weighted by Gasteiger charge is -2.16. The van der Waals surface area contributed by atoms with Crippen LogP contribution in [0.15, 0.2) is 17.2 Å².